The molecule has 0 amide bonds. The number of aliphatic hydroxyl groups is 1. The van der Waals surface area contributed by atoms with Gasteiger partial charge in [-0.05, 0) is 57.5 Å². The molecule has 1 N–H and O–H groups in total. The SMILES string of the molecule is Cc1cc(C(F)(F)F)nc2c1cc([C@H](O)c1c(Cl)ncc(C(=O)OC(C)(C)C)c1Cl)n2S(=O)(=O)c1ccccc1. The van der Waals surface area contributed by atoms with Crippen molar-refractivity contribution in [3.05, 3.63) is 86.9 Å². The number of esters is 1. The average molecular weight is 616 g/mol. The van der Waals surface area contributed by atoms with Crippen molar-refractivity contribution in [3.8, 4) is 0 Å². The van der Waals surface area contributed by atoms with E-state index >= 15 is 0 Å². The largest absolute Gasteiger partial charge is 0.456 e. The summed E-state index contributed by atoms with van der Waals surface area (Å²) in [4.78, 5) is 20.0. The smallest absolute Gasteiger partial charge is 0.433 e. The molecule has 0 aliphatic carbocycles. The monoisotopic (exact) mass is 615 g/mol. The van der Waals surface area contributed by atoms with Crippen LogP contribution in [0.2, 0.25) is 10.2 Å². The van der Waals surface area contributed by atoms with Crippen LogP contribution in [0.3, 0.4) is 0 Å². The van der Waals surface area contributed by atoms with Gasteiger partial charge in [-0.25, -0.2) is 27.2 Å². The van der Waals surface area contributed by atoms with Crippen LogP contribution in [0.25, 0.3) is 11.0 Å². The molecule has 8 nitrogen and oxygen atoms in total. The highest BCUT2D eigenvalue weighted by Crippen LogP contribution is 2.40. The minimum atomic E-state index is -4.89. The zero-order valence-electron chi connectivity index (χ0n) is 21.4. The number of ether oxygens (including phenoxy) is 1. The molecule has 4 rings (SSSR count). The van der Waals surface area contributed by atoms with Crippen LogP contribution in [0.15, 0.2) is 53.6 Å². The number of halogens is 5. The van der Waals surface area contributed by atoms with Gasteiger partial charge in [-0.1, -0.05) is 41.4 Å². The number of alkyl halides is 3. The standard InChI is InChI=1S/C26H22Cl2F3N3O5S/c1-13-10-18(26(29,30)31)33-23-15(13)11-17(34(23)40(37,38)14-8-6-5-7-9-14)21(35)19-20(27)16(12-32-22(19)28)24(36)39-25(2,3)4/h5-12,21,35H,1-4H3/t21-/m0/s1. The molecule has 0 radical (unpaired) electrons. The molecule has 0 aliphatic heterocycles. The van der Waals surface area contributed by atoms with Crippen LogP contribution < -0.4 is 0 Å². The topological polar surface area (TPSA) is 111 Å². The summed E-state index contributed by atoms with van der Waals surface area (Å²) in [6.45, 7) is 6.21. The van der Waals surface area contributed by atoms with Crippen LogP contribution in [-0.2, 0) is 20.9 Å². The molecular formula is C26H22Cl2F3N3O5S. The molecule has 3 heterocycles. The minimum Gasteiger partial charge on any atom is -0.456 e. The van der Waals surface area contributed by atoms with Crippen molar-refractivity contribution in [1.82, 2.24) is 13.9 Å². The molecule has 4 aromatic rings. The number of aryl methyl sites for hydroxylation is 1. The van der Waals surface area contributed by atoms with E-state index in [1.165, 1.54) is 37.3 Å². The van der Waals surface area contributed by atoms with Gasteiger partial charge in [0.15, 0.2) is 5.65 Å². The Morgan fingerprint density at radius 2 is 1.73 bits per heavy atom. The van der Waals surface area contributed by atoms with Gasteiger partial charge in [-0.2, -0.15) is 13.2 Å². The van der Waals surface area contributed by atoms with Gasteiger partial charge in [0.05, 0.1) is 21.2 Å². The number of carbonyl (C=O) groups is 1. The summed E-state index contributed by atoms with van der Waals surface area (Å²) in [5.41, 5.74) is -3.81. The molecule has 0 bridgehead atoms. The Morgan fingerprint density at radius 3 is 2.30 bits per heavy atom. The van der Waals surface area contributed by atoms with Gasteiger partial charge in [-0.3, -0.25) is 0 Å². The van der Waals surface area contributed by atoms with E-state index in [1.807, 2.05) is 0 Å². The number of fused-ring (bicyclic) bond motifs is 1. The highest BCUT2D eigenvalue weighted by Gasteiger charge is 2.37. The molecule has 40 heavy (non-hydrogen) atoms. The van der Waals surface area contributed by atoms with Crippen LogP contribution in [0.4, 0.5) is 13.2 Å². The summed E-state index contributed by atoms with van der Waals surface area (Å²) in [6.07, 6.45) is -5.83. The third-order valence-electron chi connectivity index (χ3n) is 5.71. The fraction of sp³-hybridized carbons (Fsp3) is 0.269. The molecule has 3 aromatic heterocycles. The van der Waals surface area contributed by atoms with Crippen LogP contribution in [0, 0.1) is 6.92 Å². The van der Waals surface area contributed by atoms with E-state index < -0.39 is 50.9 Å². The second-order valence-electron chi connectivity index (χ2n) is 9.81. The van der Waals surface area contributed by atoms with Gasteiger partial charge in [0, 0.05) is 17.1 Å². The first-order valence-electron chi connectivity index (χ1n) is 11.6. The number of benzene rings is 1. The Balaban J connectivity index is 2.04. The van der Waals surface area contributed by atoms with Crippen molar-refractivity contribution in [1.29, 1.82) is 0 Å². The molecule has 1 aromatic carbocycles. The summed E-state index contributed by atoms with van der Waals surface area (Å²) < 4.78 is 74.5. The third kappa shape index (κ3) is 5.53. The lowest BCUT2D eigenvalue weighted by molar-refractivity contribution is -0.141. The van der Waals surface area contributed by atoms with Gasteiger partial charge in [0.25, 0.3) is 10.0 Å². The van der Waals surface area contributed by atoms with Crippen molar-refractivity contribution >= 4 is 50.2 Å². The molecule has 0 aliphatic rings. The molecule has 0 spiro atoms. The van der Waals surface area contributed by atoms with Crippen molar-refractivity contribution in [3.63, 3.8) is 0 Å². The molecule has 14 heteroatoms. The van der Waals surface area contributed by atoms with Crippen molar-refractivity contribution in [2.75, 3.05) is 0 Å². The molecule has 0 fully saturated rings. The zero-order chi connectivity index (χ0) is 29.8. The first-order valence-corrected chi connectivity index (χ1v) is 13.8. The van der Waals surface area contributed by atoms with Gasteiger partial charge in [-0.15, -0.1) is 0 Å². The second-order valence-corrected chi connectivity index (χ2v) is 12.3. The summed E-state index contributed by atoms with van der Waals surface area (Å²) >= 11 is 12.7. The van der Waals surface area contributed by atoms with Crippen LogP contribution >= 0.6 is 23.2 Å². The predicted octanol–water partition coefficient (Wildman–Crippen LogP) is 6.34. The maximum Gasteiger partial charge on any atom is 0.433 e. The number of nitrogens with zero attached hydrogens (tertiary/aromatic N) is 3. The fourth-order valence-corrected chi connectivity index (χ4v) is 6.08. The lowest BCUT2D eigenvalue weighted by atomic mass is 10.1. The van der Waals surface area contributed by atoms with Gasteiger partial charge >= 0.3 is 12.1 Å². The first-order chi connectivity index (χ1) is 18.4. The van der Waals surface area contributed by atoms with E-state index in [2.05, 4.69) is 9.97 Å². The van der Waals surface area contributed by atoms with E-state index in [9.17, 15) is 31.5 Å². The molecule has 0 saturated heterocycles. The minimum absolute atomic E-state index is 0.0186. The molecular weight excluding hydrogens is 594 g/mol. The zero-order valence-corrected chi connectivity index (χ0v) is 23.7. The van der Waals surface area contributed by atoms with Crippen molar-refractivity contribution in [2.45, 2.75) is 50.5 Å². The number of pyridine rings is 2. The van der Waals surface area contributed by atoms with Gasteiger partial charge < -0.3 is 9.84 Å². The summed E-state index contributed by atoms with van der Waals surface area (Å²) in [6, 6.07) is 8.83. The number of hydrogen-bond acceptors (Lipinski definition) is 7. The number of aliphatic hydroxyl groups excluding tert-OH is 1. The van der Waals surface area contributed by atoms with E-state index in [0.717, 1.165) is 12.3 Å². The Labute approximate surface area is 237 Å². The van der Waals surface area contributed by atoms with E-state index in [0.29, 0.717) is 3.97 Å². The number of aromatic nitrogens is 3. The van der Waals surface area contributed by atoms with Crippen molar-refractivity contribution in [2.24, 2.45) is 0 Å². The summed E-state index contributed by atoms with van der Waals surface area (Å²) in [5.74, 6) is -0.889. The first kappa shape index (κ1) is 29.8. The maximum absolute atomic E-state index is 13.8. The van der Waals surface area contributed by atoms with Crippen LogP contribution in [-0.4, -0.2) is 39.0 Å². The lowest BCUT2D eigenvalue weighted by Gasteiger charge is -2.21. The average Bonchev–Trinajstić information content (AvgIpc) is 3.24. The molecule has 212 valence electrons. The number of rotatable bonds is 5. The number of carbonyl (C=O) groups excluding carboxylic acids is 1. The summed E-state index contributed by atoms with van der Waals surface area (Å²) in [5, 5.41) is 10.8. The Hall–Kier alpha value is -3.19. The molecule has 0 unspecified atom stereocenters. The quantitative estimate of drug-likeness (QED) is 0.206. The normalized spacial score (nSPS) is 13.4. The highest BCUT2D eigenvalue weighted by molar-refractivity contribution is 7.90. The molecule has 1 atom stereocenters. The highest BCUT2D eigenvalue weighted by atomic mass is 35.5. The third-order valence-corrected chi connectivity index (χ3v) is 8.15. The lowest BCUT2D eigenvalue weighted by Crippen LogP contribution is -2.24. The second kappa shape index (κ2) is 10.3. The van der Waals surface area contributed by atoms with Crippen molar-refractivity contribution < 1.29 is 36.2 Å². The fourth-order valence-electron chi connectivity index (χ4n) is 3.95. The van der Waals surface area contributed by atoms with E-state index in [1.54, 1.807) is 26.8 Å². The summed E-state index contributed by atoms with van der Waals surface area (Å²) in [7, 11) is -4.63. The van der Waals surface area contributed by atoms with Crippen LogP contribution in [0.1, 0.15) is 59.7 Å². The van der Waals surface area contributed by atoms with Gasteiger partial charge in [0.1, 0.15) is 22.6 Å². The predicted molar refractivity (Wildman–Crippen MR) is 142 cm³/mol. The van der Waals surface area contributed by atoms with Gasteiger partial charge in [0.2, 0.25) is 0 Å². The van der Waals surface area contributed by atoms with E-state index in [4.69, 9.17) is 27.9 Å². The Morgan fingerprint density at radius 1 is 1.10 bits per heavy atom. The number of hydrogen-bond donors (Lipinski definition) is 1. The van der Waals surface area contributed by atoms with E-state index in [-0.39, 0.29) is 37.1 Å². The van der Waals surface area contributed by atoms with Crippen LogP contribution in [0.5, 0.6) is 0 Å². The Kier molecular flexibility index (Phi) is 7.69. The molecule has 0 saturated carbocycles. The maximum atomic E-state index is 13.8. The Bertz CT molecular complexity index is 1730.